The van der Waals surface area contributed by atoms with E-state index in [4.69, 9.17) is 47.6 Å². The topological polar surface area (TPSA) is 12.0 Å². The standard InChI is InChI=1S/C9H7Cl2NS3/c1-15-9(14)12-8(13)7-5(10)3-2-4-6(7)11/h2-4H,1H3,(H,12,13,14). The lowest BCUT2D eigenvalue weighted by molar-refractivity contribution is 1.47. The highest BCUT2D eigenvalue weighted by Gasteiger charge is 2.11. The Bertz CT molecular complexity index is 386. The molecule has 0 spiro atoms. The third-order valence-electron chi connectivity index (χ3n) is 1.59. The molecule has 0 aliphatic carbocycles. The maximum Gasteiger partial charge on any atom is 0.138 e. The van der Waals surface area contributed by atoms with Crippen molar-refractivity contribution < 1.29 is 0 Å². The molecule has 0 aliphatic rings. The molecule has 0 saturated heterocycles. The van der Waals surface area contributed by atoms with E-state index >= 15 is 0 Å². The van der Waals surface area contributed by atoms with Crippen LogP contribution in [-0.4, -0.2) is 15.6 Å². The summed E-state index contributed by atoms with van der Waals surface area (Å²) in [5.74, 6) is 0. The van der Waals surface area contributed by atoms with E-state index in [1.165, 1.54) is 11.8 Å². The van der Waals surface area contributed by atoms with Gasteiger partial charge < -0.3 is 5.32 Å². The van der Waals surface area contributed by atoms with Crippen molar-refractivity contribution in [1.29, 1.82) is 0 Å². The van der Waals surface area contributed by atoms with Crippen LogP contribution in [0.4, 0.5) is 0 Å². The Hall–Kier alpha value is 0.130. The molecule has 0 bridgehead atoms. The maximum absolute atomic E-state index is 5.99. The quantitative estimate of drug-likeness (QED) is 0.788. The predicted octanol–water partition coefficient (Wildman–Crippen LogP) is 3.91. The normalized spacial score (nSPS) is 9.80. The summed E-state index contributed by atoms with van der Waals surface area (Å²) in [6.07, 6.45) is 1.87. The Morgan fingerprint density at radius 1 is 1.27 bits per heavy atom. The third kappa shape index (κ3) is 3.57. The van der Waals surface area contributed by atoms with Gasteiger partial charge in [-0.15, -0.1) is 11.8 Å². The monoisotopic (exact) mass is 295 g/mol. The van der Waals surface area contributed by atoms with Crippen LogP contribution in [0.15, 0.2) is 18.2 Å². The SMILES string of the molecule is CSC(=S)NC(=S)c1c(Cl)cccc1Cl. The molecule has 0 heterocycles. The third-order valence-corrected chi connectivity index (χ3v) is 3.60. The van der Waals surface area contributed by atoms with E-state index in [1.54, 1.807) is 18.2 Å². The van der Waals surface area contributed by atoms with Gasteiger partial charge in [-0.1, -0.05) is 53.7 Å². The van der Waals surface area contributed by atoms with Crippen LogP contribution in [0.2, 0.25) is 10.0 Å². The number of halogens is 2. The molecule has 0 aromatic heterocycles. The zero-order chi connectivity index (χ0) is 11.4. The van der Waals surface area contributed by atoms with Crippen LogP contribution in [0.25, 0.3) is 0 Å². The summed E-state index contributed by atoms with van der Waals surface area (Å²) in [5.41, 5.74) is 0.618. The fraction of sp³-hybridized carbons (Fsp3) is 0.111. The largest absolute Gasteiger partial charge is 0.332 e. The zero-order valence-electron chi connectivity index (χ0n) is 7.71. The van der Waals surface area contributed by atoms with E-state index in [2.05, 4.69) is 5.32 Å². The highest BCUT2D eigenvalue weighted by atomic mass is 35.5. The van der Waals surface area contributed by atoms with E-state index in [1.807, 2.05) is 6.26 Å². The van der Waals surface area contributed by atoms with Gasteiger partial charge in [0, 0.05) is 5.56 Å². The van der Waals surface area contributed by atoms with Crippen molar-refractivity contribution in [1.82, 2.24) is 5.32 Å². The van der Waals surface area contributed by atoms with Gasteiger partial charge in [-0.3, -0.25) is 0 Å². The lowest BCUT2D eigenvalue weighted by atomic mass is 10.2. The summed E-state index contributed by atoms with van der Waals surface area (Å²) >= 11 is 23.5. The molecule has 1 nitrogen and oxygen atoms in total. The average Bonchev–Trinajstić information content (AvgIpc) is 2.17. The van der Waals surface area contributed by atoms with Crippen LogP contribution in [0, 0.1) is 0 Å². The van der Waals surface area contributed by atoms with Gasteiger partial charge in [0.25, 0.3) is 0 Å². The molecule has 0 atom stereocenters. The summed E-state index contributed by atoms with van der Waals surface area (Å²) < 4.78 is 0.594. The Kier molecular flexibility index (Phi) is 5.29. The molecule has 0 radical (unpaired) electrons. The Balaban J connectivity index is 2.96. The van der Waals surface area contributed by atoms with E-state index in [0.717, 1.165) is 0 Å². The van der Waals surface area contributed by atoms with Gasteiger partial charge in [-0.2, -0.15) is 0 Å². The van der Waals surface area contributed by atoms with Crippen molar-refractivity contribution >= 4 is 68.7 Å². The van der Waals surface area contributed by atoms with Crippen molar-refractivity contribution in [2.75, 3.05) is 6.26 Å². The van der Waals surface area contributed by atoms with Gasteiger partial charge in [0.2, 0.25) is 0 Å². The summed E-state index contributed by atoms with van der Waals surface area (Å²) in [5, 5.41) is 3.92. The van der Waals surface area contributed by atoms with E-state index < -0.39 is 0 Å². The van der Waals surface area contributed by atoms with Crippen molar-refractivity contribution in [2.24, 2.45) is 0 Å². The van der Waals surface area contributed by atoms with Crippen LogP contribution in [0.5, 0.6) is 0 Å². The first-order valence-corrected chi connectivity index (χ1v) is 6.69. The molecule has 15 heavy (non-hydrogen) atoms. The number of thioether (sulfide) groups is 1. The average molecular weight is 296 g/mol. The van der Waals surface area contributed by atoms with E-state index in [-0.39, 0.29) is 0 Å². The number of thiocarbonyl (C=S) groups is 2. The fourth-order valence-electron chi connectivity index (χ4n) is 0.921. The van der Waals surface area contributed by atoms with E-state index in [0.29, 0.717) is 24.9 Å². The van der Waals surface area contributed by atoms with Gasteiger partial charge >= 0.3 is 0 Å². The molecule has 80 valence electrons. The van der Waals surface area contributed by atoms with Crippen LogP contribution >= 0.6 is 59.4 Å². The van der Waals surface area contributed by atoms with Crippen LogP contribution in [-0.2, 0) is 0 Å². The minimum Gasteiger partial charge on any atom is -0.332 e. The van der Waals surface area contributed by atoms with Crippen LogP contribution < -0.4 is 5.32 Å². The van der Waals surface area contributed by atoms with Crippen molar-refractivity contribution in [3.63, 3.8) is 0 Å². The predicted molar refractivity (Wildman–Crippen MR) is 77.4 cm³/mol. The zero-order valence-corrected chi connectivity index (χ0v) is 11.7. The van der Waals surface area contributed by atoms with Gasteiger partial charge in [0.1, 0.15) is 9.31 Å². The van der Waals surface area contributed by atoms with Crippen molar-refractivity contribution in [3.8, 4) is 0 Å². The van der Waals surface area contributed by atoms with Crippen molar-refractivity contribution in [3.05, 3.63) is 33.8 Å². The second kappa shape index (κ2) is 6.01. The van der Waals surface area contributed by atoms with Gasteiger partial charge in [-0.05, 0) is 18.4 Å². The van der Waals surface area contributed by atoms with Gasteiger partial charge in [0.15, 0.2) is 0 Å². The lowest BCUT2D eigenvalue weighted by Crippen LogP contribution is -2.26. The van der Waals surface area contributed by atoms with Crippen LogP contribution in [0.3, 0.4) is 0 Å². The molecule has 1 rings (SSSR count). The number of benzene rings is 1. The second-order valence-corrected chi connectivity index (χ2v) is 5.25. The second-order valence-electron chi connectivity index (χ2n) is 2.54. The van der Waals surface area contributed by atoms with Gasteiger partial charge in [0.05, 0.1) is 10.0 Å². The van der Waals surface area contributed by atoms with E-state index in [9.17, 15) is 0 Å². The molecule has 0 aliphatic heterocycles. The number of nitrogens with one attached hydrogen (secondary N) is 1. The van der Waals surface area contributed by atoms with Gasteiger partial charge in [-0.25, -0.2) is 0 Å². The maximum atomic E-state index is 5.99. The summed E-state index contributed by atoms with van der Waals surface area (Å²) in [4.78, 5) is 0.449. The molecule has 0 amide bonds. The summed E-state index contributed by atoms with van der Waals surface area (Å²) in [6, 6.07) is 5.24. The summed E-state index contributed by atoms with van der Waals surface area (Å²) in [7, 11) is 0. The molecule has 0 saturated carbocycles. The Morgan fingerprint density at radius 2 is 1.80 bits per heavy atom. The minimum atomic E-state index is 0.449. The lowest BCUT2D eigenvalue weighted by Gasteiger charge is -2.10. The number of hydrogen-bond acceptors (Lipinski definition) is 3. The Labute approximate surface area is 114 Å². The van der Waals surface area contributed by atoms with Crippen molar-refractivity contribution in [2.45, 2.75) is 0 Å². The molecule has 0 fully saturated rings. The smallest absolute Gasteiger partial charge is 0.138 e. The molecular weight excluding hydrogens is 289 g/mol. The van der Waals surface area contributed by atoms with Crippen LogP contribution in [0.1, 0.15) is 5.56 Å². The number of rotatable bonds is 1. The molecule has 1 aromatic carbocycles. The molecule has 1 N–H and O–H groups in total. The molecule has 1 aromatic rings. The minimum absolute atomic E-state index is 0.449. The molecule has 6 heteroatoms. The highest BCUT2D eigenvalue weighted by Crippen LogP contribution is 2.24. The molecular formula is C9H7Cl2NS3. The summed E-state index contributed by atoms with van der Waals surface area (Å²) in [6.45, 7) is 0. The first kappa shape index (κ1) is 13.2. The first-order valence-electron chi connectivity index (χ1n) is 3.89. The number of hydrogen-bond donors (Lipinski definition) is 1. The first-order chi connectivity index (χ1) is 7.06. The Morgan fingerprint density at radius 3 is 2.27 bits per heavy atom. The fourth-order valence-corrected chi connectivity index (χ4v) is 2.38. The molecule has 0 unspecified atom stereocenters. The highest BCUT2D eigenvalue weighted by molar-refractivity contribution is 8.22.